The van der Waals surface area contributed by atoms with Crippen molar-refractivity contribution in [2.75, 3.05) is 13.6 Å². The maximum absolute atomic E-state index is 12.5. The predicted molar refractivity (Wildman–Crippen MR) is 102 cm³/mol. The van der Waals surface area contributed by atoms with Crippen LogP contribution in [-0.4, -0.2) is 43.1 Å². The van der Waals surface area contributed by atoms with Crippen molar-refractivity contribution in [3.05, 3.63) is 45.9 Å². The highest BCUT2D eigenvalue weighted by molar-refractivity contribution is 7.89. The van der Waals surface area contributed by atoms with Gasteiger partial charge in [0.2, 0.25) is 10.0 Å². The molecule has 1 aromatic heterocycles. The lowest BCUT2D eigenvalue weighted by Crippen LogP contribution is -2.33. The van der Waals surface area contributed by atoms with Crippen LogP contribution in [0.1, 0.15) is 41.3 Å². The Hall–Kier alpha value is -2.10. The molecule has 0 aliphatic rings. The van der Waals surface area contributed by atoms with Gasteiger partial charge in [0.15, 0.2) is 5.78 Å². The first-order chi connectivity index (χ1) is 12.7. The summed E-state index contributed by atoms with van der Waals surface area (Å²) in [6, 6.07) is 5.58. The molecule has 0 unspecified atom stereocenters. The van der Waals surface area contributed by atoms with E-state index in [1.54, 1.807) is 0 Å². The zero-order valence-electron chi connectivity index (χ0n) is 15.5. The largest absolute Gasteiger partial charge is 0.458 e. The van der Waals surface area contributed by atoms with Crippen LogP contribution in [0.25, 0.3) is 0 Å². The van der Waals surface area contributed by atoms with Gasteiger partial charge in [0.05, 0.1) is 15.6 Å². The van der Waals surface area contributed by atoms with Gasteiger partial charge in [-0.25, -0.2) is 13.4 Å². The van der Waals surface area contributed by atoms with E-state index in [1.165, 1.54) is 49.6 Å². The Morgan fingerprint density at radius 3 is 2.48 bits per heavy atom. The second-order valence-corrected chi connectivity index (χ2v) is 8.97. The first kappa shape index (κ1) is 21.2. The molecule has 0 aliphatic carbocycles. The normalized spacial score (nSPS) is 11.6. The third-order valence-corrected chi connectivity index (χ3v) is 6.54. The Morgan fingerprint density at radius 1 is 1.22 bits per heavy atom. The number of carbonyl (C=O) groups excluding carboxylic acids is 2. The lowest BCUT2D eigenvalue weighted by Gasteiger charge is -2.16. The third kappa shape index (κ3) is 5.69. The zero-order valence-corrected chi connectivity index (χ0v) is 17.1. The number of ketones is 1. The lowest BCUT2D eigenvalue weighted by molar-refractivity contribution is -0.145. The molecule has 0 aliphatic heterocycles. The molecular weight excluding hydrogens is 388 g/mol. The highest BCUT2D eigenvalue weighted by Gasteiger charge is 2.23. The molecule has 7 nitrogen and oxygen atoms in total. The summed E-state index contributed by atoms with van der Waals surface area (Å²) in [4.78, 5) is 27.6. The SMILES string of the molecule is CCCc1nc(COC(=O)CN(C)S(=O)(=O)c2ccc(C(C)=O)cc2)cs1. The first-order valence-corrected chi connectivity index (χ1v) is 10.7. The number of likely N-dealkylation sites (N-methyl/N-ethyl adjacent to an activating group) is 1. The van der Waals surface area contributed by atoms with Gasteiger partial charge in [0.25, 0.3) is 0 Å². The molecule has 0 N–H and O–H groups in total. The van der Waals surface area contributed by atoms with Gasteiger partial charge >= 0.3 is 5.97 Å². The monoisotopic (exact) mass is 410 g/mol. The Kier molecular flexibility index (Phi) is 7.23. The van der Waals surface area contributed by atoms with Gasteiger partial charge in [-0.05, 0) is 31.9 Å². The third-order valence-electron chi connectivity index (χ3n) is 3.76. The van der Waals surface area contributed by atoms with E-state index < -0.39 is 22.5 Å². The molecule has 0 amide bonds. The number of esters is 1. The molecule has 0 spiro atoms. The fourth-order valence-corrected chi connectivity index (χ4v) is 4.25. The van der Waals surface area contributed by atoms with E-state index in [-0.39, 0.29) is 17.3 Å². The van der Waals surface area contributed by atoms with Crippen LogP contribution in [0.4, 0.5) is 0 Å². The van der Waals surface area contributed by atoms with E-state index in [0.29, 0.717) is 11.3 Å². The number of hydrogen-bond acceptors (Lipinski definition) is 7. The van der Waals surface area contributed by atoms with Crippen molar-refractivity contribution in [3.63, 3.8) is 0 Å². The number of ether oxygens (including phenoxy) is 1. The van der Waals surface area contributed by atoms with Crippen molar-refractivity contribution in [2.24, 2.45) is 0 Å². The van der Waals surface area contributed by atoms with E-state index in [0.717, 1.165) is 22.2 Å². The van der Waals surface area contributed by atoms with E-state index in [9.17, 15) is 18.0 Å². The van der Waals surface area contributed by atoms with Crippen LogP contribution >= 0.6 is 11.3 Å². The molecule has 1 heterocycles. The molecule has 0 atom stereocenters. The summed E-state index contributed by atoms with van der Waals surface area (Å²) in [7, 11) is -2.55. The van der Waals surface area contributed by atoms with Crippen LogP contribution in [0.5, 0.6) is 0 Å². The molecule has 2 aromatic rings. The van der Waals surface area contributed by atoms with Crippen molar-refractivity contribution in [3.8, 4) is 0 Å². The number of Topliss-reactive ketones (excluding diaryl/α,β-unsaturated/α-hetero) is 1. The highest BCUT2D eigenvalue weighted by atomic mass is 32.2. The second-order valence-electron chi connectivity index (χ2n) is 5.98. The van der Waals surface area contributed by atoms with E-state index in [2.05, 4.69) is 11.9 Å². The van der Waals surface area contributed by atoms with Crippen molar-refractivity contribution in [1.82, 2.24) is 9.29 Å². The number of hydrogen-bond donors (Lipinski definition) is 0. The lowest BCUT2D eigenvalue weighted by atomic mass is 10.2. The second kappa shape index (κ2) is 9.20. The minimum atomic E-state index is -3.86. The van der Waals surface area contributed by atoms with Gasteiger partial charge < -0.3 is 4.74 Å². The molecule has 27 heavy (non-hydrogen) atoms. The Morgan fingerprint density at radius 2 is 1.89 bits per heavy atom. The van der Waals surface area contributed by atoms with Gasteiger partial charge in [0.1, 0.15) is 13.2 Å². The fraction of sp³-hybridized carbons (Fsp3) is 0.389. The zero-order chi connectivity index (χ0) is 20.0. The van der Waals surface area contributed by atoms with Crippen molar-refractivity contribution in [2.45, 2.75) is 38.2 Å². The van der Waals surface area contributed by atoms with E-state index >= 15 is 0 Å². The van der Waals surface area contributed by atoms with E-state index in [4.69, 9.17) is 4.74 Å². The highest BCUT2D eigenvalue weighted by Crippen LogP contribution is 2.16. The fourth-order valence-electron chi connectivity index (χ4n) is 2.25. The average molecular weight is 411 g/mol. The van der Waals surface area contributed by atoms with E-state index in [1.807, 2.05) is 5.38 Å². The predicted octanol–water partition coefficient (Wildman–Crippen LogP) is 2.66. The molecule has 0 bridgehead atoms. The van der Waals surface area contributed by atoms with Crippen LogP contribution in [0.3, 0.4) is 0 Å². The molecule has 9 heteroatoms. The van der Waals surface area contributed by atoms with Gasteiger partial charge in [0, 0.05) is 18.0 Å². The summed E-state index contributed by atoms with van der Waals surface area (Å²) >= 11 is 1.51. The smallest absolute Gasteiger partial charge is 0.321 e. The Labute approximate surface area is 163 Å². The van der Waals surface area contributed by atoms with Crippen molar-refractivity contribution < 1.29 is 22.7 Å². The topological polar surface area (TPSA) is 93.6 Å². The minimum absolute atomic E-state index is 0.00603. The van der Waals surface area contributed by atoms with Crippen LogP contribution < -0.4 is 0 Å². The summed E-state index contributed by atoms with van der Waals surface area (Å²) < 4.78 is 31.1. The summed E-state index contributed by atoms with van der Waals surface area (Å²) in [5.74, 6) is -0.813. The maximum Gasteiger partial charge on any atom is 0.321 e. The first-order valence-electron chi connectivity index (χ1n) is 8.40. The number of nitrogens with zero attached hydrogens (tertiary/aromatic N) is 2. The number of aryl methyl sites for hydroxylation is 1. The molecular formula is C18H22N2O5S2. The molecule has 2 rings (SSSR count). The summed E-state index contributed by atoms with van der Waals surface area (Å²) in [6.07, 6.45) is 1.87. The summed E-state index contributed by atoms with van der Waals surface area (Å²) in [5.41, 5.74) is 1.07. The van der Waals surface area contributed by atoms with Gasteiger partial charge in [-0.2, -0.15) is 4.31 Å². The van der Waals surface area contributed by atoms with Crippen LogP contribution in [-0.2, 0) is 32.6 Å². The molecule has 0 fully saturated rings. The number of aromatic nitrogens is 1. The number of sulfonamides is 1. The Bertz CT molecular complexity index is 904. The number of thiazole rings is 1. The number of benzene rings is 1. The molecule has 0 saturated carbocycles. The standard InChI is InChI=1S/C18H22N2O5S2/c1-4-5-17-19-15(12-26-17)11-25-18(22)10-20(3)27(23,24)16-8-6-14(7-9-16)13(2)21/h6-9,12H,4-5,10-11H2,1-3H3. The summed E-state index contributed by atoms with van der Waals surface area (Å²) in [5, 5.41) is 2.81. The molecule has 0 saturated heterocycles. The number of rotatable bonds is 9. The molecule has 0 radical (unpaired) electrons. The van der Waals surface area contributed by atoms with Gasteiger partial charge in [-0.1, -0.05) is 19.1 Å². The van der Waals surface area contributed by atoms with Crippen molar-refractivity contribution in [1.29, 1.82) is 0 Å². The van der Waals surface area contributed by atoms with Gasteiger partial charge in [-0.15, -0.1) is 11.3 Å². The number of carbonyl (C=O) groups is 2. The van der Waals surface area contributed by atoms with Gasteiger partial charge in [-0.3, -0.25) is 9.59 Å². The average Bonchev–Trinajstić information content (AvgIpc) is 3.08. The summed E-state index contributed by atoms with van der Waals surface area (Å²) in [6.45, 7) is 3.06. The van der Waals surface area contributed by atoms with Crippen molar-refractivity contribution >= 4 is 33.1 Å². The van der Waals surface area contributed by atoms with Crippen LogP contribution in [0.2, 0.25) is 0 Å². The molecule has 146 valence electrons. The Balaban J connectivity index is 1.94. The van der Waals surface area contributed by atoms with Crippen LogP contribution in [0, 0.1) is 0 Å². The quantitative estimate of drug-likeness (QED) is 0.466. The van der Waals surface area contributed by atoms with Crippen LogP contribution in [0.15, 0.2) is 34.5 Å². The molecule has 1 aromatic carbocycles. The maximum atomic E-state index is 12.5. The minimum Gasteiger partial charge on any atom is -0.458 e.